The average Bonchev–Trinajstić information content (AvgIpc) is 3.40. The van der Waals surface area contributed by atoms with Gasteiger partial charge in [-0.15, -0.1) is 0 Å². The van der Waals surface area contributed by atoms with Crippen LogP contribution in [-0.2, 0) is 45.9 Å². The lowest BCUT2D eigenvalue weighted by molar-refractivity contribution is -0.145. The van der Waals surface area contributed by atoms with E-state index in [9.17, 15) is 18.9 Å². The Morgan fingerprint density at radius 3 is 2.46 bits per heavy atom. The third kappa shape index (κ3) is 9.14. The Kier molecular flexibility index (Phi) is 10.9. The first-order valence-corrected chi connectivity index (χ1v) is 16.3. The number of hydrogen-bond acceptors (Lipinski definition) is 13. The van der Waals surface area contributed by atoms with Gasteiger partial charge >= 0.3 is 19.7 Å². The molecule has 4 rings (SSSR count). The van der Waals surface area contributed by atoms with Crippen molar-refractivity contribution >= 4 is 42.5 Å². The number of nitrogens with one attached hydrogen (secondary N) is 2. The van der Waals surface area contributed by atoms with E-state index in [0.717, 1.165) is 0 Å². The first-order chi connectivity index (χ1) is 21.7. The summed E-state index contributed by atoms with van der Waals surface area (Å²) in [6.45, 7) is 9.00. The Labute approximate surface area is 266 Å². The fourth-order valence-electron chi connectivity index (χ4n) is 4.54. The van der Waals surface area contributed by atoms with Crippen LogP contribution >= 0.6 is 7.60 Å². The van der Waals surface area contributed by atoms with Crippen LogP contribution in [0, 0.1) is 5.92 Å². The minimum absolute atomic E-state index is 0.0102. The van der Waals surface area contributed by atoms with Crippen LogP contribution in [0.1, 0.15) is 40.2 Å². The van der Waals surface area contributed by atoms with E-state index < -0.39 is 49.4 Å². The number of methoxy groups -OCH3 is 1. The molecular formula is C29H40N7O9P. The number of carbonyl (C=O) groups is 3. The van der Waals surface area contributed by atoms with Crippen molar-refractivity contribution in [3.8, 4) is 5.75 Å². The van der Waals surface area contributed by atoms with Crippen LogP contribution in [0.4, 0.5) is 10.6 Å². The van der Waals surface area contributed by atoms with Crippen LogP contribution < -0.4 is 20.9 Å². The summed E-state index contributed by atoms with van der Waals surface area (Å²) in [7, 11) is -2.40. The van der Waals surface area contributed by atoms with Gasteiger partial charge in [0.25, 0.3) is 0 Å². The molecule has 1 aliphatic heterocycles. The number of hydrogen-bond donors (Lipinski definition) is 3. The molecule has 17 heteroatoms. The van der Waals surface area contributed by atoms with Crippen LogP contribution in [-0.4, -0.2) is 81.3 Å². The summed E-state index contributed by atoms with van der Waals surface area (Å²) in [5.41, 5.74) is 6.78. The number of anilines is 1. The maximum atomic E-state index is 13.2. The first kappa shape index (κ1) is 34.6. The molecule has 1 aromatic carbocycles. The molecule has 1 aliphatic rings. The molecule has 0 spiro atoms. The molecule has 2 amide bonds. The van der Waals surface area contributed by atoms with Gasteiger partial charge in [0.05, 0.1) is 26.6 Å². The second kappa shape index (κ2) is 14.4. The number of imidazole rings is 1. The summed E-state index contributed by atoms with van der Waals surface area (Å²) < 4.78 is 42.2. The smallest absolute Gasteiger partial charge is 0.408 e. The van der Waals surface area contributed by atoms with Crippen molar-refractivity contribution in [2.24, 2.45) is 5.92 Å². The second-order valence-electron chi connectivity index (χ2n) is 12.0. The summed E-state index contributed by atoms with van der Waals surface area (Å²) in [6, 6.07) is 4.46. The zero-order chi connectivity index (χ0) is 33.6. The number of benzene rings is 1. The van der Waals surface area contributed by atoms with Gasteiger partial charge in [0.1, 0.15) is 41.4 Å². The molecule has 1 saturated heterocycles. The monoisotopic (exact) mass is 661 g/mol. The Morgan fingerprint density at radius 1 is 1.13 bits per heavy atom. The number of aromatic nitrogens is 4. The van der Waals surface area contributed by atoms with Gasteiger partial charge in [-0.1, -0.05) is 26.0 Å². The van der Waals surface area contributed by atoms with E-state index in [1.165, 1.54) is 13.4 Å². The number of rotatable bonds is 11. The molecule has 16 nitrogen and oxygen atoms in total. The first-order valence-electron chi connectivity index (χ1n) is 14.6. The van der Waals surface area contributed by atoms with Gasteiger partial charge < -0.3 is 39.7 Å². The minimum atomic E-state index is -3.61. The molecule has 4 atom stereocenters. The van der Waals surface area contributed by atoms with E-state index in [2.05, 4.69) is 25.6 Å². The molecule has 3 aromatic rings. The Hall–Kier alpha value is -4.27. The number of nitrogens with zero attached hydrogens (tertiary/aromatic N) is 4. The summed E-state index contributed by atoms with van der Waals surface area (Å²) >= 11 is 0. The number of ether oxygens (including phenoxy) is 3. The van der Waals surface area contributed by atoms with E-state index in [1.54, 1.807) is 69.8 Å². The highest BCUT2D eigenvalue weighted by atomic mass is 31.2. The number of carbonyl (C=O) groups excluding carboxylic acids is 3. The lowest BCUT2D eigenvalue weighted by Crippen LogP contribution is -2.55. The van der Waals surface area contributed by atoms with Crippen molar-refractivity contribution < 1.29 is 42.2 Å². The van der Waals surface area contributed by atoms with Crippen molar-refractivity contribution in [2.75, 3.05) is 25.8 Å². The quantitative estimate of drug-likeness (QED) is 0.200. The van der Waals surface area contributed by atoms with E-state index in [-0.39, 0.29) is 36.9 Å². The molecule has 0 unspecified atom stereocenters. The van der Waals surface area contributed by atoms with Crippen LogP contribution in [0.2, 0.25) is 0 Å². The molecule has 1 fully saturated rings. The van der Waals surface area contributed by atoms with Gasteiger partial charge in [-0.05, 0) is 44.4 Å². The number of nitrogens with two attached hydrogens (primary N) is 1. The Balaban J connectivity index is 1.33. The topological polar surface area (TPSA) is 208 Å². The maximum Gasteiger partial charge on any atom is 0.408 e. The third-order valence-electron chi connectivity index (χ3n) is 6.79. The highest BCUT2D eigenvalue weighted by Crippen LogP contribution is 2.51. The van der Waals surface area contributed by atoms with Gasteiger partial charge in [0, 0.05) is 6.42 Å². The average molecular weight is 662 g/mol. The summed E-state index contributed by atoms with van der Waals surface area (Å²) in [5, 5.41) is 5.24. The van der Waals surface area contributed by atoms with Crippen molar-refractivity contribution in [3.63, 3.8) is 0 Å². The molecule has 46 heavy (non-hydrogen) atoms. The third-order valence-corrected chi connectivity index (χ3v) is 8.28. The number of esters is 1. The van der Waals surface area contributed by atoms with Crippen LogP contribution in [0.25, 0.3) is 11.2 Å². The van der Waals surface area contributed by atoms with Crippen LogP contribution in [0.3, 0.4) is 0 Å². The van der Waals surface area contributed by atoms with Gasteiger partial charge in [-0.3, -0.25) is 9.32 Å². The van der Waals surface area contributed by atoms with Crippen molar-refractivity contribution in [1.82, 2.24) is 30.2 Å². The fraction of sp³-hybridized carbons (Fsp3) is 0.517. The Bertz CT molecular complexity index is 1580. The summed E-state index contributed by atoms with van der Waals surface area (Å²) in [5.74, 6) is -1.00. The number of nitrogen functional groups attached to an aromatic ring is 1. The number of alkyl carbamates (subject to hydrolysis) is 1. The zero-order valence-corrected chi connectivity index (χ0v) is 27.5. The molecule has 3 heterocycles. The van der Waals surface area contributed by atoms with Gasteiger partial charge in [0.2, 0.25) is 5.91 Å². The van der Waals surface area contributed by atoms with Gasteiger partial charge in [-0.25, -0.2) is 29.1 Å². The lowest BCUT2D eigenvalue weighted by atomic mass is 10.0. The van der Waals surface area contributed by atoms with E-state index >= 15 is 0 Å². The molecule has 0 aliphatic carbocycles. The van der Waals surface area contributed by atoms with Gasteiger partial charge in [0.15, 0.2) is 17.8 Å². The predicted molar refractivity (Wildman–Crippen MR) is 166 cm³/mol. The standard InChI is InChI=1S/C29H40N7O9P/c1-17(2)22(35-28(39)44-29(3,4)5)26(37)34-21(27(38)41-6)11-18-7-9-19(10-8-18)45-46(40)16-42-20(13-43-46)12-36-15-33-23-24(30)31-14-32-25(23)36/h7-10,14-15,17,20-22H,11-13,16H2,1-6H3,(H,34,37)(H,35,39)(H2,30,31,32)/t20-,21-,22-,46-/m0/s1. The maximum absolute atomic E-state index is 13.2. The van der Waals surface area contributed by atoms with Crippen molar-refractivity contribution in [2.45, 2.75) is 71.4 Å². The molecular weight excluding hydrogens is 621 g/mol. The molecule has 250 valence electrons. The fourth-order valence-corrected chi connectivity index (χ4v) is 5.95. The molecule has 2 aromatic heterocycles. The lowest BCUT2D eigenvalue weighted by Gasteiger charge is -2.29. The van der Waals surface area contributed by atoms with Crippen LogP contribution in [0.5, 0.6) is 5.75 Å². The Morgan fingerprint density at radius 2 is 1.85 bits per heavy atom. The minimum Gasteiger partial charge on any atom is -0.467 e. The highest BCUT2D eigenvalue weighted by molar-refractivity contribution is 7.54. The summed E-state index contributed by atoms with van der Waals surface area (Å²) in [6.07, 6.45) is 1.55. The van der Waals surface area contributed by atoms with Gasteiger partial charge in [-0.2, -0.15) is 0 Å². The molecule has 0 bridgehead atoms. The predicted octanol–water partition coefficient (Wildman–Crippen LogP) is 2.80. The van der Waals surface area contributed by atoms with Crippen LogP contribution in [0.15, 0.2) is 36.9 Å². The molecule has 0 saturated carbocycles. The number of fused-ring (bicyclic) bond motifs is 1. The highest BCUT2D eigenvalue weighted by Gasteiger charge is 2.35. The van der Waals surface area contributed by atoms with E-state index in [0.29, 0.717) is 23.3 Å². The van der Waals surface area contributed by atoms with E-state index in [1.807, 2.05) is 0 Å². The van der Waals surface area contributed by atoms with Crippen molar-refractivity contribution in [1.29, 1.82) is 0 Å². The largest absolute Gasteiger partial charge is 0.467 e. The molecule has 0 radical (unpaired) electrons. The normalized spacial score (nSPS) is 19.7. The number of amides is 2. The van der Waals surface area contributed by atoms with E-state index in [4.69, 9.17) is 29.0 Å². The summed E-state index contributed by atoms with van der Waals surface area (Å²) in [4.78, 5) is 50.4. The SMILES string of the molecule is COC(=O)[C@H](Cc1ccc(O[P@]2(=O)CO[C@@H](Cn3cnc4c(N)ncnc43)CO2)cc1)NC(=O)[C@@H](NC(=O)OC(C)(C)C)C(C)C. The van der Waals surface area contributed by atoms with Crippen molar-refractivity contribution in [3.05, 3.63) is 42.5 Å². The molecule has 4 N–H and O–H groups in total. The second-order valence-corrected chi connectivity index (χ2v) is 14.0. The zero-order valence-electron chi connectivity index (χ0n) is 26.6.